The largest absolute Gasteiger partial charge is 0.479 e. The third kappa shape index (κ3) is 5.07. The second-order valence-electron chi connectivity index (χ2n) is 6.91. The lowest BCUT2D eigenvalue weighted by Gasteiger charge is -2.12. The molecule has 4 heteroatoms. The molecule has 0 saturated carbocycles. The molecule has 1 unspecified atom stereocenters. The molecule has 2 aromatic carbocycles. The van der Waals surface area contributed by atoms with Crippen LogP contribution in [0.2, 0.25) is 0 Å². The van der Waals surface area contributed by atoms with Crippen molar-refractivity contribution in [2.45, 2.75) is 32.8 Å². The van der Waals surface area contributed by atoms with Crippen LogP contribution in [0, 0.1) is 26.2 Å². The van der Waals surface area contributed by atoms with Crippen molar-refractivity contribution < 1.29 is 14.3 Å². The summed E-state index contributed by atoms with van der Waals surface area (Å²) >= 11 is 1.47. The second kappa shape index (κ2) is 9.45. The van der Waals surface area contributed by atoms with Crippen molar-refractivity contribution in [2.24, 2.45) is 0 Å². The molecule has 0 saturated heterocycles. The van der Waals surface area contributed by atoms with E-state index < -0.39 is 0 Å². The molecule has 0 aliphatic carbocycles. The Kier molecular flexibility index (Phi) is 6.74. The van der Waals surface area contributed by atoms with Crippen LogP contribution in [0.15, 0.2) is 54.6 Å². The van der Waals surface area contributed by atoms with Gasteiger partial charge in [-0.15, -0.1) is 17.8 Å². The smallest absolute Gasteiger partial charge is 0.307 e. The van der Waals surface area contributed by atoms with Crippen LogP contribution in [0.5, 0.6) is 5.06 Å². The molecule has 0 aliphatic heterocycles. The van der Waals surface area contributed by atoms with Crippen molar-refractivity contribution in [3.8, 4) is 28.5 Å². The SMILES string of the molecule is C#CC(CC(=O)OC)c1ccc(OCc2cccc(-c3c(C)cccc3C)c2)s1. The lowest BCUT2D eigenvalue weighted by molar-refractivity contribution is -0.140. The van der Waals surface area contributed by atoms with Crippen molar-refractivity contribution in [1.29, 1.82) is 0 Å². The van der Waals surface area contributed by atoms with Crippen molar-refractivity contribution >= 4 is 17.3 Å². The minimum Gasteiger partial charge on any atom is -0.479 e. The lowest BCUT2D eigenvalue weighted by Crippen LogP contribution is -2.05. The van der Waals surface area contributed by atoms with E-state index in [1.165, 1.54) is 40.7 Å². The molecule has 0 bridgehead atoms. The highest BCUT2D eigenvalue weighted by atomic mass is 32.1. The van der Waals surface area contributed by atoms with Crippen molar-refractivity contribution in [3.63, 3.8) is 0 Å². The molecule has 148 valence electrons. The van der Waals surface area contributed by atoms with Gasteiger partial charge in [0.2, 0.25) is 0 Å². The van der Waals surface area contributed by atoms with Crippen LogP contribution in [0.1, 0.15) is 33.9 Å². The van der Waals surface area contributed by atoms with E-state index in [1.807, 2.05) is 12.1 Å². The highest BCUT2D eigenvalue weighted by Crippen LogP contribution is 2.33. The molecule has 1 atom stereocenters. The van der Waals surface area contributed by atoms with E-state index >= 15 is 0 Å². The molecule has 29 heavy (non-hydrogen) atoms. The molecule has 0 amide bonds. The molecular weight excluding hydrogens is 380 g/mol. The van der Waals surface area contributed by atoms with E-state index in [4.69, 9.17) is 15.9 Å². The van der Waals surface area contributed by atoms with Gasteiger partial charge >= 0.3 is 5.97 Å². The molecule has 0 spiro atoms. The molecule has 3 nitrogen and oxygen atoms in total. The van der Waals surface area contributed by atoms with Gasteiger partial charge in [-0.05, 0) is 59.9 Å². The number of carbonyl (C=O) groups excluding carboxylic acids is 1. The van der Waals surface area contributed by atoms with E-state index in [9.17, 15) is 4.79 Å². The van der Waals surface area contributed by atoms with E-state index in [2.05, 4.69) is 62.2 Å². The molecular formula is C25H24O3S. The van der Waals surface area contributed by atoms with Gasteiger partial charge in [0.05, 0.1) is 19.4 Å². The third-order valence-electron chi connectivity index (χ3n) is 4.82. The summed E-state index contributed by atoms with van der Waals surface area (Å²) in [7, 11) is 1.37. The Hall–Kier alpha value is -3.03. The molecule has 0 N–H and O–H groups in total. The Morgan fingerprint density at radius 3 is 2.52 bits per heavy atom. The maximum absolute atomic E-state index is 11.5. The van der Waals surface area contributed by atoms with Crippen LogP contribution in [0.3, 0.4) is 0 Å². The van der Waals surface area contributed by atoms with E-state index in [1.54, 1.807) is 0 Å². The highest BCUT2D eigenvalue weighted by molar-refractivity contribution is 7.13. The predicted octanol–water partition coefficient (Wildman–Crippen LogP) is 5.89. The Morgan fingerprint density at radius 1 is 1.10 bits per heavy atom. The summed E-state index contributed by atoms with van der Waals surface area (Å²) in [6, 6.07) is 18.6. The Balaban J connectivity index is 1.71. The topological polar surface area (TPSA) is 35.5 Å². The molecule has 1 aromatic heterocycles. The van der Waals surface area contributed by atoms with Crippen molar-refractivity contribution in [1.82, 2.24) is 0 Å². The van der Waals surface area contributed by atoms with Crippen LogP contribution >= 0.6 is 11.3 Å². The fourth-order valence-corrected chi connectivity index (χ4v) is 4.25. The third-order valence-corrected chi connectivity index (χ3v) is 5.93. The zero-order chi connectivity index (χ0) is 20.8. The quantitative estimate of drug-likeness (QED) is 0.364. The first-order chi connectivity index (χ1) is 14.0. The number of aryl methyl sites for hydroxylation is 2. The number of thiophene rings is 1. The van der Waals surface area contributed by atoms with Crippen LogP contribution in [0.25, 0.3) is 11.1 Å². The fourth-order valence-electron chi connectivity index (χ4n) is 3.33. The second-order valence-corrected chi connectivity index (χ2v) is 7.99. The van der Waals surface area contributed by atoms with Crippen LogP contribution in [-0.2, 0) is 16.1 Å². The van der Waals surface area contributed by atoms with Crippen LogP contribution < -0.4 is 4.74 Å². The summed E-state index contributed by atoms with van der Waals surface area (Å²) in [5.74, 6) is 2.05. The van der Waals surface area contributed by atoms with Gasteiger partial charge in [0.15, 0.2) is 5.06 Å². The van der Waals surface area contributed by atoms with Crippen molar-refractivity contribution in [3.05, 3.63) is 76.2 Å². The minimum atomic E-state index is -0.313. The van der Waals surface area contributed by atoms with E-state index in [0.29, 0.717) is 6.61 Å². The summed E-state index contributed by atoms with van der Waals surface area (Å²) in [5, 5.41) is 0.780. The maximum Gasteiger partial charge on any atom is 0.307 e. The van der Waals surface area contributed by atoms with E-state index in [0.717, 1.165) is 15.5 Å². The average Bonchev–Trinajstić information content (AvgIpc) is 3.19. The first kappa shape index (κ1) is 20.7. The summed E-state index contributed by atoms with van der Waals surface area (Å²) < 4.78 is 10.7. The average molecular weight is 405 g/mol. The van der Waals surface area contributed by atoms with Gasteiger partial charge in [-0.1, -0.05) is 42.3 Å². The summed E-state index contributed by atoms with van der Waals surface area (Å²) in [5.41, 5.74) is 6.09. The molecule has 1 heterocycles. The number of esters is 1. The lowest BCUT2D eigenvalue weighted by atomic mass is 9.95. The molecule has 3 aromatic rings. The molecule has 0 aliphatic rings. The first-order valence-electron chi connectivity index (χ1n) is 9.42. The Bertz CT molecular complexity index is 1020. The fraction of sp³-hybridized carbons (Fsp3) is 0.240. The van der Waals surface area contributed by atoms with Gasteiger partial charge in [0, 0.05) is 4.88 Å². The van der Waals surface area contributed by atoms with Crippen LogP contribution in [0.4, 0.5) is 0 Å². The number of rotatable bonds is 7. The number of benzene rings is 2. The number of carbonyl (C=O) groups is 1. The predicted molar refractivity (Wildman–Crippen MR) is 118 cm³/mol. The normalized spacial score (nSPS) is 11.5. The summed E-state index contributed by atoms with van der Waals surface area (Å²) in [6.45, 7) is 4.74. The first-order valence-corrected chi connectivity index (χ1v) is 10.2. The summed E-state index contributed by atoms with van der Waals surface area (Å²) in [6.07, 6.45) is 5.76. The number of hydrogen-bond donors (Lipinski definition) is 0. The molecule has 0 fully saturated rings. The van der Waals surface area contributed by atoms with Gasteiger partial charge < -0.3 is 9.47 Å². The Labute approximate surface area is 176 Å². The van der Waals surface area contributed by atoms with Gasteiger partial charge in [-0.3, -0.25) is 4.79 Å². The zero-order valence-electron chi connectivity index (χ0n) is 16.9. The molecule has 3 rings (SSSR count). The standard InChI is InChI=1S/C25H24O3S/c1-5-20(15-23(26)27-4)22-12-13-24(29-22)28-16-19-10-7-11-21(14-19)25-17(2)8-6-9-18(25)3/h1,6-14,20H,15-16H2,2-4H3. The minimum absolute atomic E-state index is 0.171. The molecule has 0 radical (unpaired) electrons. The van der Waals surface area contributed by atoms with Gasteiger partial charge in [-0.2, -0.15) is 0 Å². The maximum atomic E-state index is 11.5. The van der Waals surface area contributed by atoms with Gasteiger partial charge in [0.1, 0.15) is 6.61 Å². The number of ether oxygens (including phenoxy) is 2. The van der Waals surface area contributed by atoms with E-state index in [-0.39, 0.29) is 18.3 Å². The van der Waals surface area contributed by atoms with Gasteiger partial charge in [-0.25, -0.2) is 0 Å². The van der Waals surface area contributed by atoms with Gasteiger partial charge in [0.25, 0.3) is 0 Å². The number of terminal acetylenes is 1. The Morgan fingerprint density at radius 2 is 1.83 bits per heavy atom. The highest BCUT2D eigenvalue weighted by Gasteiger charge is 2.16. The zero-order valence-corrected chi connectivity index (χ0v) is 17.7. The monoisotopic (exact) mass is 404 g/mol. The number of hydrogen-bond acceptors (Lipinski definition) is 4. The van der Waals surface area contributed by atoms with Crippen molar-refractivity contribution in [2.75, 3.05) is 7.11 Å². The summed E-state index contributed by atoms with van der Waals surface area (Å²) in [4.78, 5) is 12.5. The number of methoxy groups -OCH3 is 1. The van der Waals surface area contributed by atoms with Crippen LogP contribution in [-0.4, -0.2) is 13.1 Å².